The van der Waals surface area contributed by atoms with E-state index < -0.39 is 5.97 Å². The van der Waals surface area contributed by atoms with Crippen LogP contribution in [-0.4, -0.2) is 37.4 Å². The van der Waals surface area contributed by atoms with Crippen LogP contribution >= 0.6 is 35.1 Å². The summed E-state index contributed by atoms with van der Waals surface area (Å²) in [4.78, 5) is 15.3. The van der Waals surface area contributed by atoms with Crippen molar-refractivity contribution in [2.45, 2.75) is 30.3 Å². The molecular weight excluding hydrogens is 328 g/mol. The lowest BCUT2D eigenvalue weighted by atomic mass is 10.2. The first-order valence-corrected chi connectivity index (χ1v) is 8.97. The first-order valence-electron chi connectivity index (χ1n) is 6.38. The zero-order valence-electron chi connectivity index (χ0n) is 12.1. The lowest BCUT2D eigenvalue weighted by Crippen LogP contribution is -2.23. The highest BCUT2D eigenvalue weighted by Crippen LogP contribution is 2.32. The molecule has 0 atom stereocenters. The molecule has 1 aromatic carbocycles. The maximum atomic E-state index is 10.8. The number of aliphatic carboxylic acids is 1. The highest BCUT2D eigenvalue weighted by Gasteiger charge is 2.22. The lowest BCUT2D eigenvalue weighted by Gasteiger charge is -2.24. The molecule has 4 nitrogen and oxygen atoms in total. The predicted octanol–water partition coefficient (Wildman–Crippen LogP) is 4.01. The van der Waals surface area contributed by atoms with E-state index >= 15 is 0 Å². The van der Waals surface area contributed by atoms with E-state index in [1.807, 2.05) is 12.1 Å². The van der Waals surface area contributed by atoms with Crippen LogP contribution in [0.3, 0.4) is 0 Å². The summed E-state index contributed by atoms with van der Waals surface area (Å²) < 4.78 is 2.08. The number of para-hydroxylation sites is 1. The zero-order valence-corrected chi connectivity index (χ0v) is 14.5. The molecular formula is C14H17ClN2O2S2. The van der Waals surface area contributed by atoms with Gasteiger partial charge in [-0.15, -0.1) is 0 Å². The quantitative estimate of drug-likeness (QED) is 0.802. The van der Waals surface area contributed by atoms with Crippen LogP contribution in [0.2, 0.25) is 5.02 Å². The molecule has 0 aliphatic heterocycles. The first-order chi connectivity index (χ1) is 9.84. The molecule has 21 heavy (non-hydrogen) atoms. The first kappa shape index (κ1) is 16.5. The highest BCUT2D eigenvalue weighted by atomic mass is 35.5. The molecule has 0 aliphatic rings. The number of thioether (sulfide) groups is 2. The summed E-state index contributed by atoms with van der Waals surface area (Å²) in [7, 11) is 0. The molecule has 0 aliphatic carbocycles. The smallest absolute Gasteiger partial charge is 0.313 e. The standard InChI is InChI=1S/C14H17ClN2O2S2/c1-14(2,20-3)8-17-10-6-4-5-9(15)12(10)16-13(17)21-7-11(18)19/h4-6H,7-8H2,1-3H3,(H,18,19). The molecule has 0 saturated heterocycles. The number of rotatable bonds is 6. The molecule has 0 bridgehead atoms. The average molecular weight is 345 g/mol. The van der Waals surface area contributed by atoms with Gasteiger partial charge in [0, 0.05) is 11.3 Å². The molecule has 0 radical (unpaired) electrons. The van der Waals surface area contributed by atoms with Crippen LogP contribution in [0.25, 0.3) is 11.0 Å². The summed E-state index contributed by atoms with van der Waals surface area (Å²) in [6.07, 6.45) is 2.07. The second kappa shape index (κ2) is 6.50. The molecule has 0 saturated carbocycles. The molecule has 2 rings (SSSR count). The third-order valence-electron chi connectivity index (χ3n) is 3.11. The van der Waals surface area contributed by atoms with Crippen LogP contribution in [0, 0.1) is 0 Å². The van der Waals surface area contributed by atoms with Gasteiger partial charge in [-0.3, -0.25) is 4.79 Å². The van der Waals surface area contributed by atoms with Gasteiger partial charge in [-0.25, -0.2) is 4.98 Å². The number of nitrogens with zero attached hydrogens (tertiary/aromatic N) is 2. The number of hydrogen-bond donors (Lipinski definition) is 1. The molecule has 2 aromatic rings. The molecule has 1 heterocycles. The van der Waals surface area contributed by atoms with Gasteiger partial charge >= 0.3 is 5.97 Å². The Bertz CT molecular complexity index is 670. The largest absolute Gasteiger partial charge is 0.481 e. The molecule has 1 N–H and O–H groups in total. The molecule has 0 spiro atoms. The summed E-state index contributed by atoms with van der Waals surface area (Å²) in [5.41, 5.74) is 1.67. The number of carboxylic acid groups (broad SMARTS) is 1. The van der Waals surface area contributed by atoms with Crippen molar-refractivity contribution in [2.24, 2.45) is 0 Å². The molecule has 114 valence electrons. The van der Waals surface area contributed by atoms with E-state index in [4.69, 9.17) is 16.7 Å². The van der Waals surface area contributed by atoms with Gasteiger partial charge in [0.05, 0.1) is 16.3 Å². The lowest BCUT2D eigenvalue weighted by molar-refractivity contribution is -0.133. The van der Waals surface area contributed by atoms with Crippen LogP contribution in [0.5, 0.6) is 0 Å². The van der Waals surface area contributed by atoms with Gasteiger partial charge in [-0.2, -0.15) is 11.8 Å². The molecule has 0 amide bonds. The summed E-state index contributed by atoms with van der Waals surface area (Å²) >= 11 is 9.19. The summed E-state index contributed by atoms with van der Waals surface area (Å²) in [6, 6.07) is 5.66. The number of imidazole rings is 1. The third-order valence-corrected chi connectivity index (χ3v) is 5.61. The van der Waals surface area contributed by atoms with E-state index in [1.165, 1.54) is 11.8 Å². The number of benzene rings is 1. The summed E-state index contributed by atoms with van der Waals surface area (Å²) in [6.45, 7) is 5.05. The Morgan fingerprint density at radius 3 is 2.81 bits per heavy atom. The van der Waals surface area contributed by atoms with Gasteiger partial charge in [0.1, 0.15) is 5.52 Å². The van der Waals surface area contributed by atoms with Crippen molar-refractivity contribution >= 4 is 52.1 Å². The fourth-order valence-corrected chi connectivity index (χ4v) is 3.12. The minimum absolute atomic E-state index is 0.0133. The van der Waals surface area contributed by atoms with E-state index in [2.05, 4.69) is 29.7 Å². The van der Waals surface area contributed by atoms with Crippen molar-refractivity contribution in [3.05, 3.63) is 23.2 Å². The number of hydrogen-bond acceptors (Lipinski definition) is 4. The van der Waals surface area contributed by atoms with Crippen molar-refractivity contribution in [3.8, 4) is 0 Å². The molecule has 7 heteroatoms. The van der Waals surface area contributed by atoms with E-state index in [0.717, 1.165) is 17.6 Å². The van der Waals surface area contributed by atoms with Gasteiger partial charge in [-0.1, -0.05) is 29.4 Å². The van der Waals surface area contributed by atoms with E-state index in [-0.39, 0.29) is 10.5 Å². The summed E-state index contributed by atoms with van der Waals surface area (Å²) in [5.74, 6) is -0.866. The number of halogens is 1. The van der Waals surface area contributed by atoms with Crippen molar-refractivity contribution in [1.82, 2.24) is 9.55 Å². The second-order valence-corrected chi connectivity index (χ2v) is 8.10. The van der Waals surface area contributed by atoms with Gasteiger partial charge in [0.25, 0.3) is 0 Å². The maximum absolute atomic E-state index is 10.8. The van der Waals surface area contributed by atoms with Crippen LogP contribution in [-0.2, 0) is 11.3 Å². The van der Waals surface area contributed by atoms with Crippen molar-refractivity contribution in [2.75, 3.05) is 12.0 Å². The fraction of sp³-hybridized carbons (Fsp3) is 0.429. The molecule has 0 fully saturated rings. The Morgan fingerprint density at radius 1 is 1.48 bits per heavy atom. The van der Waals surface area contributed by atoms with E-state index in [1.54, 1.807) is 17.8 Å². The van der Waals surface area contributed by atoms with E-state index in [0.29, 0.717) is 10.2 Å². The minimum atomic E-state index is -0.853. The SMILES string of the molecule is CSC(C)(C)Cn1c(SCC(=O)O)nc2c(Cl)cccc21. The number of fused-ring (bicyclic) bond motifs is 1. The Labute approximate surface area is 137 Å². The van der Waals surface area contributed by atoms with Crippen molar-refractivity contribution in [3.63, 3.8) is 0 Å². The fourth-order valence-electron chi connectivity index (χ4n) is 1.93. The van der Waals surface area contributed by atoms with Gasteiger partial charge in [0.15, 0.2) is 5.16 Å². The van der Waals surface area contributed by atoms with Gasteiger partial charge in [0.2, 0.25) is 0 Å². The number of carbonyl (C=O) groups is 1. The van der Waals surface area contributed by atoms with Crippen LogP contribution < -0.4 is 0 Å². The number of aromatic nitrogens is 2. The summed E-state index contributed by atoms with van der Waals surface area (Å²) in [5, 5.41) is 10.2. The zero-order chi connectivity index (χ0) is 15.6. The minimum Gasteiger partial charge on any atom is -0.481 e. The predicted molar refractivity (Wildman–Crippen MR) is 90.7 cm³/mol. The van der Waals surface area contributed by atoms with Gasteiger partial charge < -0.3 is 9.67 Å². The monoisotopic (exact) mass is 344 g/mol. The van der Waals surface area contributed by atoms with Crippen molar-refractivity contribution in [1.29, 1.82) is 0 Å². The Kier molecular flexibility index (Phi) is 5.11. The van der Waals surface area contributed by atoms with Gasteiger partial charge in [-0.05, 0) is 32.2 Å². The Hall–Kier alpha value is -0.850. The highest BCUT2D eigenvalue weighted by molar-refractivity contribution is 8.00. The van der Waals surface area contributed by atoms with Crippen LogP contribution in [0.1, 0.15) is 13.8 Å². The Balaban J connectivity index is 2.49. The molecule has 0 unspecified atom stereocenters. The van der Waals surface area contributed by atoms with Crippen molar-refractivity contribution < 1.29 is 9.90 Å². The average Bonchev–Trinajstić information content (AvgIpc) is 2.76. The maximum Gasteiger partial charge on any atom is 0.313 e. The number of carboxylic acids is 1. The topological polar surface area (TPSA) is 55.1 Å². The second-order valence-electron chi connectivity index (χ2n) is 5.23. The third kappa shape index (κ3) is 3.87. The molecule has 1 aromatic heterocycles. The Morgan fingerprint density at radius 2 is 2.19 bits per heavy atom. The van der Waals surface area contributed by atoms with Crippen LogP contribution in [0.15, 0.2) is 23.4 Å². The van der Waals surface area contributed by atoms with Crippen LogP contribution in [0.4, 0.5) is 0 Å². The van der Waals surface area contributed by atoms with E-state index in [9.17, 15) is 4.79 Å². The normalized spacial score (nSPS) is 12.0.